The predicted molar refractivity (Wildman–Crippen MR) is 115 cm³/mol. The van der Waals surface area contributed by atoms with E-state index < -0.39 is 0 Å². The maximum absolute atomic E-state index is 12.7. The number of aryl methyl sites for hydroxylation is 1. The highest BCUT2D eigenvalue weighted by Crippen LogP contribution is 2.22. The molecule has 0 aliphatic carbocycles. The van der Waals surface area contributed by atoms with E-state index in [-0.39, 0.29) is 11.9 Å². The van der Waals surface area contributed by atoms with E-state index in [1.54, 1.807) is 0 Å². The van der Waals surface area contributed by atoms with Crippen LogP contribution in [0.3, 0.4) is 0 Å². The van der Waals surface area contributed by atoms with Crippen molar-refractivity contribution >= 4 is 5.91 Å². The lowest BCUT2D eigenvalue weighted by molar-refractivity contribution is 0.0162. The molecular formula is C24H32N2O3. The van der Waals surface area contributed by atoms with Gasteiger partial charge in [0.2, 0.25) is 0 Å². The molecule has 1 amide bonds. The second kappa shape index (κ2) is 11.0. The Kier molecular flexibility index (Phi) is 8.08. The van der Waals surface area contributed by atoms with E-state index in [2.05, 4.69) is 48.3 Å². The van der Waals surface area contributed by atoms with Crippen molar-refractivity contribution < 1.29 is 14.3 Å². The Labute approximate surface area is 174 Å². The summed E-state index contributed by atoms with van der Waals surface area (Å²) in [5, 5.41) is 3.12. The molecule has 5 nitrogen and oxygen atoms in total. The maximum atomic E-state index is 12.7. The molecule has 1 fully saturated rings. The van der Waals surface area contributed by atoms with Crippen LogP contribution in [0.1, 0.15) is 47.3 Å². The van der Waals surface area contributed by atoms with Crippen LogP contribution in [0.25, 0.3) is 0 Å². The highest BCUT2D eigenvalue weighted by Gasteiger charge is 2.23. The van der Waals surface area contributed by atoms with E-state index in [1.807, 2.05) is 24.3 Å². The molecule has 1 saturated heterocycles. The SMILES string of the molecule is CCCCOc1ccc(C(=O)NCC(c2cccc(C)c2)N2CCOCC2)cc1. The van der Waals surface area contributed by atoms with Crippen molar-refractivity contribution in [2.45, 2.75) is 32.7 Å². The zero-order chi connectivity index (χ0) is 20.5. The molecule has 0 saturated carbocycles. The summed E-state index contributed by atoms with van der Waals surface area (Å²) < 4.78 is 11.2. The highest BCUT2D eigenvalue weighted by molar-refractivity contribution is 5.94. The quantitative estimate of drug-likeness (QED) is 0.652. The van der Waals surface area contributed by atoms with Gasteiger partial charge in [-0.2, -0.15) is 0 Å². The van der Waals surface area contributed by atoms with Gasteiger partial charge in [-0.1, -0.05) is 43.2 Å². The molecule has 0 radical (unpaired) electrons. The van der Waals surface area contributed by atoms with Crippen molar-refractivity contribution in [3.8, 4) is 5.75 Å². The van der Waals surface area contributed by atoms with Crippen molar-refractivity contribution in [2.24, 2.45) is 0 Å². The topological polar surface area (TPSA) is 50.8 Å². The van der Waals surface area contributed by atoms with E-state index in [9.17, 15) is 4.79 Å². The number of hydrogen-bond donors (Lipinski definition) is 1. The van der Waals surface area contributed by atoms with Crippen LogP contribution in [-0.4, -0.2) is 50.3 Å². The summed E-state index contributed by atoms with van der Waals surface area (Å²) >= 11 is 0. The molecule has 1 aliphatic heterocycles. The van der Waals surface area contributed by atoms with E-state index in [1.165, 1.54) is 11.1 Å². The number of morpholine rings is 1. The Morgan fingerprint density at radius 2 is 1.93 bits per heavy atom. The Morgan fingerprint density at radius 1 is 1.17 bits per heavy atom. The molecule has 0 spiro atoms. The molecule has 1 N–H and O–H groups in total. The van der Waals surface area contributed by atoms with Gasteiger partial charge in [-0.25, -0.2) is 0 Å². The zero-order valence-electron chi connectivity index (χ0n) is 17.5. The lowest BCUT2D eigenvalue weighted by atomic mass is 10.0. The molecule has 1 heterocycles. The van der Waals surface area contributed by atoms with Gasteiger partial charge in [-0.3, -0.25) is 9.69 Å². The predicted octanol–water partition coefficient (Wildman–Crippen LogP) is 3.98. The molecule has 1 aliphatic rings. The lowest BCUT2D eigenvalue weighted by Crippen LogP contribution is -2.43. The molecule has 1 atom stereocenters. The second-order valence-electron chi connectivity index (χ2n) is 7.51. The summed E-state index contributed by atoms with van der Waals surface area (Å²) in [6, 6.07) is 16.0. The number of benzene rings is 2. The summed E-state index contributed by atoms with van der Waals surface area (Å²) in [5.74, 6) is 0.747. The average molecular weight is 397 g/mol. The Hall–Kier alpha value is -2.37. The van der Waals surface area contributed by atoms with Crippen molar-refractivity contribution in [2.75, 3.05) is 39.5 Å². The van der Waals surface area contributed by atoms with Gasteiger partial charge in [0.25, 0.3) is 5.91 Å². The summed E-state index contributed by atoms with van der Waals surface area (Å²) in [4.78, 5) is 15.1. The van der Waals surface area contributed by atoms with Gasteiger partial charge in [0, 0.05) is 25.2 Å². The van der Waals surface area contributed by atoms with Gasteiger partial charge in [-0.15, -0.1) is 0 Å². The van der Waals surface area contributed by atoms with Crippen LogP contribution < -0.4 is 10.1 Å². The number of nitrogens with zero attached hydrogens (tertiary/aromatic N) is 1. The standard InChI is InChI=1S/C24H32N2O3/c1-3-4-14-29-22-10-8-20(9-11-22)24(27)25-18-23(26-12-15-28-16-13-26)21-7-5-6-19(2)17-21/h5-11,17,23H,3-4,12-16,18H2,1-2H3,(H,25,27). The van der Waals surface area contributed by atoms with E-state index in [4.69, 9.17) is 9.47 Å². The van der Waals surface area contributed by atoms with Gasteiger partial charge in [0.15, 0.2) is 0 Å². The van der Waals surface area contributed by atoms with E-state index in [0.717, 1.165) is 44.9 Å². The molecule has 156 valence electrons. The number of carbonyl (C=O) groups is 1. The van der Waals surface area contributed by atoms with Gasteiger partial charge >= 0.3 is 0 Å². The minimum Gasteiger partial charge on any atom is -0.494 e. The number of nitrogens with one attached hydrogen (secondary N) is 1. The molecule has 2 aromatic rings. The van der Waals surface area contributed by atoms with Crippen molar-refractivity contribution in [1.29, 1.82) is 0 Å². The first kappa shape index (κ1) is 21.3. The maximum Gasteiger partial charge on any atom is 0.251 e. The lowest BCUT2D eigenvalue weighted by Gasteiger charge is -2.35. The van der Waals surface area contributed by atoms with Crippen molar-refractivity contribution in [1.82, 2.24) is 10.2 Å². The smallest absolute Gasteiger partial charge is 0.251 e. The number of hydrogen-bond acceptors (Lipinski definition) is 4. The first-order valence-corrected chi connectivity index (χ1v) is 10.6. The molecule has 5 heteroatoms. The number of carbonyl (C=O) groups excluding carboxylic acids is 1. The van der Waals surface area contributed by atoms with Crippen LogP contribution in [0.4, 0.5) is 0 Å². The van der Waals surface area contributed by atoms with Crippen LogP contribution in [0.15, 0.2) is 48.5 Å². The fraction of sp³-hybridized carbons (Fsp3) is 0.458. The van der Waals surface area contributed by atoms with Crippen LogP contribution in [0.2, 0.25) is 0 Å². The van der Waals surface area contributed by atoms with Crippen LogP contribution in [-0.2, 0) is 4.74 Å². The van der Waals surface area contributed by atoms with Gasteiger partial charge < -0.3 is 14.8 Å². The minimum atomic E-state index is -0.0592. The molecule has 2 aromatic carbocycles. The molecule has 29 heavy (non-hydrogen) atoms. The third-order valence-electron chi connectivity index (χ3n) is 5.25. The monoisotopic (exact) mass is 396 g/mol. The number of unbranched alkanes of at least 4 members (excludes halogenated alkanes) is 1. The highest BCUT2D eigenvalue weighted by atomic mass is 16.5. The number of rotatable bonds is 9. The third-order valence-corrected chi connectivity index (χ3v) is 5.25. The Morgan fingerprint density at radius 3 is 2.62 bits per heavy atom. The average Bonchev–Trinajstić information content (AvgIpc) is 2.75. The number of amides is 1. The van der Waals surface area contributed by atoms with Gasteiger partial charge in [0.1, 0.15) is 5.75 Å². The normalized spacial score (nSPS) is 15.7. The number of ether oxygens (including phenoxy) is 2. The largest absolute Gasteiger partial charge is 0.494 e. The molecule has 0 aromatic heterocycles. The second-order valence-corrected chi connectivity index (χ2v) is 7.51. The molecule has 3 rings (SSSR count). The third kappa shape index (κ3) is 6.31. The van der Waals surface area contributed by atoms with E-state index >= 15 is 0 Å². The first-order chi connectivity index (χ1) is 14.2. The Balaban J connectivity index is 1.63. The van der Waals surface area contributed by atoms with Crippen LogP contribution in [0, 0.1) is 6.92 Å². The minimum absolute atomic E-state index is 0.0592. The van der Waals surface area contributed by atoms with Crippen molar-refractivity contribution in [3.05, 3.63) is 65.2 Å². The first-order valence-electron chi connectivity index (χ1n) is 10.6. The van der Waals surface area contributed by atoms with Crippen LogP contribution >= 0.6 is 0 Å². The molecule has 1 unspecified atom stereocenters. The molecular weight excluding hydrogens is 364 g/mol. The molecule has 0 bridgehead atoms. The fourth-order valence-electron chi connectivity index (χ4n) is 3.55. The zero-order valence-corrected chi connectivity index (χ0v) is 17.5. The summed E-state index contributed by atoms with van der Waals surface area (Å²) in [6.07, 6.45) is 2.13. The fourth-order valence-corrected chi connectivity index (χ4v) is 3.55. The Bertz CT molecular complexity index is 770. The summed E-state index contributed by atoms with van der Waals surface area (Å²) in [5.41, 5.74) is 3.11. The summed E-state index contributed by atoms with van der Waals surface area (Å²) in [7, 11) is 0. The van der Waals surface area contributed by atoms with Crippen LogP contribution in [0.5, 0.6) is 5.75 Å². The van der Waals surface area contributed by atoms with Crippen molar-refractivity contribution in [3.63, 3.8) is 0 Å². The van der Waals surface area contributed by atoms with Gasteiger partial charge in [0.05, 0.1) is 25.9 Å². The van der Waals surface area contributed by atoms with E-state index in [0.29, 0.717) is 18.7 Å². The van der Waals surface area contributed by atoms with Gasteiger partial charge in [-0.05, 0) is 43.2 Å². The summed E-state index contributed by atoms with van der Waals surface area (Å²) in [6.45, 7) is 8.72.